The number of aliphatic hydroxyl groups excluding tert-OH is 2. The van der Waals surface area contributed by atoms with Gasteiger partial charge in [0.2, 0.25) is 0 Å². The number of aliphatic hydroxyl groups is 2. The molecule has 0 spiro atoms. The first-order valence-electron chi connectivity index (χ1n) is 3.91. The highest BCUT2D eigenvalue weighted by Gasteiger charge is 2.30. The number of hydrogen-bond donors (Lipinski definition) is 2. The van der Waals surface area contributed by atoms with E-state index in [-0.39, 0.29) is 5.56 Å². The number of hydrogen-bond acceptors (Lipinski definition) is 2. The Bertz CT molecular complexity index is 309. The van der Waals surface area contributed by atoms with E-state index in [0.717, 1.165) is 12.1 Å². The number of rotatable bonds is 2. The van der Waals surface area contributed by atoms with Gasteiger partial charge in [-0.3, -0.25) is 0 Å². The third-order valence-electron chi connectivity index (χ3n) is 1.77. The summed E-state index contributed by atoms with van der Waals surface area (Å²) in [4.78, 5) is 0. The fraction of sp³-hybridized carbons (Fsp3) is 0.333. The van der Waals surface area contributed by atoms with Gasteiger partial charge >= 0.3 is 6.18 Å². The number of halogens is 3. The summed E-state index contributed by atoms with van der Waals surface area (Å²) in [5.74, 6) is 0. The van der Waals surface area contributed by atoms with Crippen molar-refractivity contribution in [3.8, 4) is 0 Å². The molecule has 0 saturated heterocycles. The van der Waals surface area contributed by atoms with Crippen LogP contribution in [0.4, 0.5) is 13.2 Å². The Kier molecular flexibility index (Phi) is 3.13. The van der Waals surface area contributed by atoms with Gasteiger partial charge in [-0.15, -0.1) is 0 Å². The zero-order chi connectivity index (χ0) is 10.8. The second-order valence-electron chi connectivity index (χ2n) is 2.82. The molecule has 0 aliphatic carbocycles. The van der Waals surface area contributed by atoms with Crippen molar-refractivity contribution < 1.29 is 23.4 Å². The Morgan fingerprint density at radius 3 is 2.43 bits per heavy atom. The Labute approximate surface area is 78.6 Å². The molecule has 78 valence electrons. The predicted octanol–water partition coefficient (Wildman–Crippen LogP) is 1.73. The average molecular weight is 206 g/mol. The Morgan fingerprint density at radius 2 is 1.93 bits per heavy atom. The summed E-state index contributed by atoms with van der Waals surface area (Å²) in [5.41, 5.74) is -0.773. The van der Waals surface area contributed by atoms with Crippen LogP contribution in [0.1, 0.15) is 17.2 Å². The monoisotopic (exact) mass is 206 g/mol. The van der Waals surface area contributed by atoms with Crippen LogP contribution in [0.3, 0.4) is 0 Å². The van der Waals surface area contributed by atoms with Crippen molar-refractivity contribution >= 4 is 0 Å². The molecule has 0 aliphatic rings. The largest absolute Gasteiger partial charge is 0.416 e. The van der Waals surface area contributed by atoms with Crippen LogP contribution in [0.15, 0.2) is 24.3 Å². The van der Waals surface area contributed by atoms with Gasteiger partial charge in [0.25, 0.3) is 0 Å². The maximum absolute atomic E-state index is 12.2. The van der Waals surface area contributed by atoms with E-state index in [1.54, 1.807) is 0 Å². The molecule has 0 unspecified atom stereocenters. The number of benzene rings is 1. The molecule has 0 radical (unpaired) electrons. The molecule has 1 aromatic carbocycles. The van der Waals surface area contributed by atoms with Gasteiger partial charge in [0.1, 0.15) is 6.10 Å². The number of alkyl halides is 3. The third kappa shape index (κ3) is 2.46. The molecule has 0 fully saturated rings. The molecule has 0 saturated carbocycles. The molecule has 0 bridgehead atoms. The zero-order valence-corrected chi connectivity index (χ0v) is 7.12. The van der Waals surface area contributed by atoms with Crippen LogP contribution in [-0.4, -0.2) is 16.8 Å². The summed E-state index contributed by atoms with van der Waals surface area (Å²) in [6.45, 7) is -0.596. The highest BCUT2D eigenvalue weighted by Crippen LogP contribution is 2.30. The van der Waals surface area contributed by atoms with Crippen LogP contribution in [0.2, 0.25) is 0 Å². The van der Waals surface area contributed by atoms with E-state index in [1.807, 2.05) is 0 Å². The van der Waals surface area contributed by atoms with Crippen molar-refractivity contribution in [1.82, 2.24) is 0 Å². The Hall–Kier alpha value is -1.07. The van der Waals surface area contributed by atoms with Gasteiger partial charge < -0.3 is 10.2 Å². The minimum atomic E-state index is -4.43. The lowest BCUT2D eigenvalue weighted by Crippen LogP contribution is -2.08. The van der Waals surface area contributed by atoms with Gasteiger partial charge in [0.15, 0.2) is 0 Å². The van der Waals surface area contributed by atoms with Crippen LogP contribution >= 0.6 is 0 Å². The lowest BCUT2D eigenvalue weighted by molar-refractivity contribution is -0.137. The molecule has 0 aliphatic heterocycles. The first-order valence-corrected chi connectivity index (χ1v) is 3.91. The molecule has 2 N–H and O–H groups in total. The van der Waals surface area contributed by atoms with E-state index in [1.165, 1.54) is 12.1 Å². The van der Waals surface area contributed by atoms with Gasteiger partial charge in [0, 0.05) is 0 Å². The molecule has 0 amide bonds. The van der Waals surface area contributed by atoms with Crippen molar-refractivity contribution in [3.63, 3.8) is 0 Å². The maximum Gasteiger partial charge on any atom is 0.416 e. The van der Waals surface area contributed by atoms with E-state index in [9.17, 15) is 13.2 Å². The summed E-state index contributed by atoms with van der Waals surface area (Å²) in [7, 11) is 0. The Balaban J connectivity index is 3.01. The molecule has 1 rings (SSSR count). The van der Waals surface area contributed by atoms with Crippen LogP contribution in [0, 0.1) is 0 Å². The molecule has 0 aromatic heterocycles. The minimum Gasteiger partial charge on any atom is -0.393 e. The normalized spacial score (nSPS) is 14.1. The molecule has 2 nitrogen and oxygen atoms in total. The first kappa shape index (κ1) is 11.0. The SMILES string of the molecule is OC[C@H](O)c1cccc(C(F)(F)F)c1. The zero-order valence-electron chi connectivity index (χ0n) is 7.12. The standard InChI is InChI=1S/C9H9F3O2/c10-9(11,12)7-3-1-2-6(4-7)8(14)5-13/h1-4,8,13-14H,5H2/t8-/m0/s1. The van der Waals surface area contributed by atoms with E-state index < -0.39 is 24.5 Å². The fourth-order valence-electron chi connectivity index (χ4n) is 1.03. The highest BCUT2D eigenvalue weighted by atomic mass is 19.4. The fourth-order valence-corrected chi connectivity index (χ4v) is 1.03. The van der Waals surface area contributed by atoms with Crippen molar-refractivity contribution in [2.75, 3.05) is 6.61 Å². The third-order valence-corrected chi connectivity index (χ3v) is 1.77. The van der Waals surface area contributed by atoms with Crippen LogP contribution < -0.4 is 0 Å². The van der Waals surface area contributed by atoms with Crippen LogP contribution in [0.5, 0.6) is 0 Å². The average Bonchev–Trinajstić information content (AvgIpc) is 2.15. The van der Waals surface area contributed by atoms with Gasteiger partial charge in [-0.2, -0.15) is 13.2 Å². The quantitative estimate of drug-likeness (QED) is 0.773. The summed E-state index contributed by atoms with van der Waals surface area (Å²) >= 11 is 0. The molecular formula is C9H9F3O2. The van der Waals surface area contributed by atoms with Crippen molar-refractivity contribution in [2.24, 2.45) is 0 Å². The molecule has 5 heteroatoms. The topological polar surface area (TPSA) is 40.5 Å². The Morgan fingerprint density at radius 1 is 1.29 bits per heavy atom. The highest BCUT2D eigenvalue weighted by molar-refractivity contribution is 5.27. The van der Waals surface area contributed by atoms with Gasteiger partial charge in [-0.05, 0) is 17.7 Å². The van der Waals surface area contributed by atoms with Gasteiger partial charge in [0.05, 0.1) is 12.2 Å². The van der Waals surface area contributed by atoms with Crippen molar-refractivity contribution in [1.29, 1.82) is 0 Å². The lowest BCUT2D eigenvalue weighted by Gasteiger charge is -2.11. The first-order chi connectivity index (χ1) is 6.45. The smallest absolute Gasteiger partial charge is 0.393 e. The second kappa shape index (κ2) is 3.98. The van der Waals surface area contributed by atoms with Crippen molar-refractivity contribution in [2.45, 2.75) is 12.3 Å². The van der Waals surface area contributed by atoms with E-state index in [2.05, 4.69) is 0 Å². The summed E-state index contributed by atoms with van der Waals surface area (Å²) in [6, 6.07) is 4.25. The maximum atomic E-state index is 12.2. The molecule has 14 heavy (non-hydrogen) atoms. The summed E-state index contributed by atoms with van der Waals surface area (Å²) in [5, 5.41) is 17.7. The van der Waals surface area contributed by atoms with Gasteiger partial charge in [-0.25, -0.2) is 0 Å². The van der Waals surface area contributed by atoms with E-state index >= 15 is 0 Å². The second-order valence-corrected chi connectivity index (χ2v) is 2.82. The molecule has 1 atom stereocenters. The van der Waals surface area contributed by atoms with Crippen LogP contribution in [0.25, 0.3) is 0 Å². The van der Waals surface area contributed by atoms with E-state index in [4.69, 9.17) is 10.2 Å². The van der Waals surface area contributed by atoms with Crippen LogP contribution in [-0.2, 0) is 6.18 Å². The van der Waals surface area contributed by atoms with Crippen molar-refractivity contribution in [3.05, 3.63) is 35.4 Å². The molecular weight excluding hydrogens is 197 g/mol. The summed E-state index contributed by atoms with van der Waals surface area (Å²) in [6.07, 6.45) is -5.69. The molecule has 0 heterocycles. The molecule has 1 aromatic rings. The minimum absolute atomic E-state index is 0.0577. The van der Waals surface area contributed by atoms with E-state index in [0.29, 0.717) is 0 Å². The summed E-state index contributed by atoms with van der Waals surface area (Å²) < 4.78 is 36.6. The predicted molar refractivity (Wildman–Crippen MR) is 43.5 cm³/mol. The lowest BCUT2D eigenvalue weighted by atomic mass is 10.1. The van der Waals surface area contributed by atoms with Gasteiger partial charge in [-0.1, -0.05) is 12.1 Å².